The molecular weight excluding hydrogens is 244 g/mol. The summed E-state index contributed by atoms with van der Waals surface area (Å²) in [6.45, 7) is 5.44. The Bertz CT molecular complexity index is 534. The van der Waals surface area contributed by atoms with Crippen molar-refractivity contribution in [2.45, 2.75) is 32.7 Å². The molecule has 0 fully saturated rings. The molecule has 7 heteroatoms. The van der Waals surface area contributed by atoms with E-state index in [1.807, 2.05) is 12.4 Å². The van der Waals surface area contributed by atoms with Gasteiger partial charge in [0.1, 0.15) is 12.4 Å². The van der Waals surface area contributed by atoms with Crippen LogP contribution in [0.5, 0.6) is 0 Å². The van der Waals surface area contributed by atoms with E-state index >= 15 is 0 Å². The average molecular weight is 262 g/mol. The van der Waals surface area contributed by atoms with Crippen LogP contribution in [0.3, 0.4) is 0 Å². The monoisotopic (exact) mass is 262 g/mol. The third kappa shape index (κ3) is 2.26. The van der Waals surface area contributed by atoms with Crippen LogP contribution in [0, 0.1) is 0 Å². The highest BCUT2D eigenvalue weighted by molar-refractivity contribution is 5.07. The molecule has 1 N–H and O–H groups in total. The summed E-state index contributed by atoms with van der Waals surface area (Å²) in [4.78, 5) is 2.38. The molecule has 0 amide bonds. The Morgan fingerprint density at radius 2 is 2.32 bits per heavy atom. The Morgan fingerprint density at radius 3 is 3.05 bits per heavy atom. The number of ether oxygens (including phenoxy) is 1. The minimum Gasteiger partial charge on any atom is -0.377 e. The highest BCUT2D eigenvalue weighted by atomic mass is 16.5. The maximum absolute atomic E-state index is 5.15. The fraction of sp³-hybridized carbons (Fsp3) is 0.583. The lowest BCUT2D eigenvalue weighted by molar-refractivity contribution is 0.143. The van der Waals surface area contributed by atoms with Crippen LogP contribution in [0.15, 0.2) is 12.4 Å². The second-order valence-corrected chi connectivity index (χ2v) is 4.81. The van der Waals surface area contributed by atoms with Crippen molar-refractivity contribution in [3.05, 3.63) is 29.6 Å². The molecule has 0 unspecified atom stereocenters. The van der Waals surface area contributed by atoms with Crippen molar-refractivity contribution < 1.29 is 4.74 Å². The molecule has 19 heavy (non-hydrogen) atoms. The molecule has 2 aromatic rings. The maximum Gasteiger partial charge on any atom is 0.159 e. The zero-order chi connectivity index (χ0) is 13.2. The van der Waals surface area contributed by atoms with Gasteiger partial charge in [-0.2, -0.15) is 5.10 Å². The molecule has 0 bridgehead atoms. The Balaban J connectivity index is 1.78. The van der Waals surface area contributed by atoms with E-state index < -0.39 is 0 Å². The van der Waals surface area contributed by atoms with E-state index in [0.717, 1.165) is 31.3 Å². The summed E-state index contributed by atoms with van der Waals surface area (Å²) in [5.74, 6) is 1.93. The number of hydrogen-bond donors (Lipinski definition) is 1. The van der Waals surface area contributed by atoms with Gasteiger partial charge in [0.05, 0.1) is 12.2 Å². The molecule has 1 aliphatic rings. The van der Waals surface area contributed by atoms with Gasteiger partial charge in [-0.1, -0.05) is 0 Å². The molecule has 0 aliphatic carbocycles. The van der Waals surface area contributed by atoms with E-state index in [0.29, 0.717) is 6.61 Å². The second kappa shape index (κ2) is 5.10. The molecule has 2 aromatic heterocycles. The first-order valence-corrected chi connectivity index (χ1v) is 6.42. The van der Waals surface area contributed by atoms with Crippen LogP contribution in [0.4, 0.5) is 0 Å². The predicted molar refractivity (Wildman–Crippen MR) is 68.1 cm³/mol. The maximum atomic E-state index is 5.15. The van der Waals surface area contributed by atoms with Crippen molar-refractivity contribution in [2.24, 2.45) is 0 Å². The van der Waals surface area contributed by atoms with Crippen molar-refractivity contribution >= 4 is 0 Å². The molecular formula is C12H18N6O. The normalized spacial score (nSPS) is 19.6. The van der Waals surface area contributed by atoms with Crippen LogP contribution in [-0.4, -0.2) is 43.5 Å². The van der Waals surface area contributed by atoms with Crippen LogP contribution < -0.4 is 0 Å². The van der Waals surface area contributed by atoms with E-state index in [-0.39, 0.29) is 6.04 Å². The highest BCUT2D eigenvalue weighted by Gasteiger charge is 2.28. The van der Waals surface area contributed by atoms with Gasteiger partial charge in [0, 0.05) is 38.5 Å². The first-order valence-electron chi connectivity index (χ1n) is 6.42. The van der Waals surface area contributed by atoms with Gasteiger partial charge in [-0.25, -0.2) is 0 Å². The zero-order valence-electron chi connectivity index (χ0n) is 11.2. The number of rotatable bonds is 4. The Kier molecular flexibility index (Phi) is 3.31. The number of nitrogens with zero attached hydrogens (tertiary/aromatic N) is 5. The predicted octanol–water partition coefficient (Wildman–Crippen LogP) is 0.724. The number of aromatic nitrogens is 5. The van der Waals surface area contributed by atoms with Gasteiger partial charge < -0.3 is 9.30 Å². The van der Waals surface area contributed by atoms with Crippen molar-refractivity contribution in [2.75, 3.05) is 13.7 Å². The van der Waals surface area contributed by atoms with E-state index in [1.165, 1.54) is 5.56 Å². The highest BCUT2D eigenvalue weighted by Crippen LogP contribution is 2.25. The molecule has 102 valence electrons. The van der Waals surface area contributed by atoms with Gasteiger partial charge in [-0.15, -0.1) is 10.2 Å². The number of fused-ring (bicyclic) bond motifs is 1. The van der Waals surface area contributed by atoms with E-state index in [9.17, 15) is 0 Å². The van der Waals surface area contributed by atoms with Gasteiger partial charge in [0.15, 0.2) is 5.82 Å². The third-order valence-electron chi connectivity index (χ3n) is 3.60. The van der Waals surface area contributed by atoms with E-state index in [1.54, 1.807) is 7.11 Å². The molecule has 1 atom stereocenters. The quantitative estimate of drug-likeness (QED) is 0.879. The molecule has 3 heterocycles. The molecule has 0 saturated heterocycles. The second-order valence-electron chi connectivity index (χ2n) is 4.81. The number of nitrogens with one attached hydrogen (secondary N) is 1. The Morgan fingerprint density at radius 1 is 1.42 bits per heavy atom. The van der Waals surface area contributed by atoms with Crippen molar-refractivity contribution in [3.63, 3.8) is 0 Å². The van der Waals surface area contributed by atoms with Crippen LogP contribution in [0.25, 0.3) is 0 Å². The van der Waals surface area contributed by atoms with Crippen molar-refractivity contribution in [3.8, 4) is 0 Å². The first kappa shape index (κ1) is 12.3. The summed E-state index contributed by atoms with van der Waals surface area (Å²) in [6, 6.07) is 0.252. The third-order valence-corrected chi connectivity index (χ3v) is 3.60. The summed E-state index contributed by atoms with van der Waals surface area (Å²) in [5, 5.41) is 15.3. The van der Waals surface area contributed by atoms with Gasteiger partial charge in [0.2, 0.25) is 0 Å². The van der Waals surface area contributed by atoms with Gasteiger partial charge >= 0.3 is 0 Å². The minimum atomic E-state index is 0.252. The number of aromatic amines is 1. The lowest BCUT2D eigenvalue weighted by Crippen LogP contribution is -2.37. The molecule has 0 saturated carbocycles. The largest absolute Gasteiger partial charge is 0.377 e. The number of hydrogen-bond acceptors (Lipinski definition) is 5. The summed E-state index contributed by atoms with van der Waals surface area (Å²) >= 11 is 0. The molecule has 0 aromatic carbocycles. The van der Waals surface area contributed by atoms with Crippen molar-refractivity contribution in [1.82, 2.24) is 29.9 Å². The van der Waals surface area contributed by atoms with Gasteiger partial charge in [0.25, 0.3) is 0 Å². The standard InChI is InChI=1S/C12H18N6O/c1-9-12-16-15-11(8-19-2)18(12)4-3-17(9)7-10-5-13-14-6-10/h5-6,9H,3-4,7-8H2,1-2H3,(H,13,14)/t9-/m0/s1. The summed E-state index contributed by atoms with van der Waals surface area (Å²) in [7, 11) is 1.68. The first-order chi connectivity index (χ1) is 9.29. The molecule has 3 rings (SSSR count). The van der Waals surface area contributed by atoms with E-state index in [4.69, 9.17) is 4.74 Å². The summed E-state index contributed by atoms with van der Waals surface area (Å²) in [6.07, 6.45) is 3.80. The van der Waals surface area contributed by atoms with Crippen molar-refractivity contribution in [1.29, 1.82) is 0 Å². The minimum absolute atomic E-state index is 0.252. The molecule has 1 aliphatic heterocycles. The van der Waals surface area contributed by atoms with Crippen LogP contribution in [-0.2, 0) is 24.4 Å². The fourth-order valence-electron chi connectivity index (χ4n) is 2.54. The van der Waals surface area contributed by atoms with Gasteiger partial charge in [-0.05, 0) is 6.92 Å². The van der Waals surface area contributed by atoms with Crippen LogP contribution in [0.1, 0.15) is 30.2 Å². The summed E-state index contributed by atoms with van der Waals surface area (Å²) in [5.41, 5.74) is 1.19. The van der Waals surface area contributed by atoms with E-state index in [2.05, 4.69) is 36.8 Å². The molecule has 0 radical (unpaired) electrons. The van der Waals surface area contributed by atoms with Crippen LogP contribution >= 0.6 is 0 Å². The lowest BCUT2D eigenvalue weighted by Gasteiger charge is -2.33. The summed E-state index contributed by atoms with van der Waals surface area (Å²) < 4.78 is 7.32. The fourth-order valence-corrected chi connectivity index (χ4v) is 2.54. The number of H-pyrrole nitrogens is 1. The zero-order valence-corrected chi connectivity index (χ0v) is 11.2. The Hall–Kier alpha value is -1.73. The topological polar surface area (TPSA) is 71.9 Å². The molecule has 0 spiro atoms. The molecule has 7 nitrogen and oxygen atoms in total. The average Bonchev–Trinajstić information content (AvgIpc) is 3.04. The number of methoxy groups -OCH3 is 1. The Labute approximate surface area is 111 Å². The van der Waals surface area contributed by atoms with Gasteiger partial charge in [-0.3, -0.25) is 10.00 Å². The van der Waals surface area contributed by atoms with Crippen LogP contribution in [0.2, 0.25) is 0 Å². The SMILES string of the molecule is COCc1nnc2n1CCN(Cc1cn[nH]c1)[C@H]2C. The smallest absolute Gasteiger partial charge is 0.159 e. The lowest BCUT2D eigenvalue weighted by atomic mass is 10.2.